The molecule has 0 radical (unpaired) electrons. The van der Waals surface area contributed by atoms with Crippen LogP contribution in [0.5, 0.6) is 0 Å². The second-order valence-electron chi connectivity index (χ2n) is 4.97. The number of hydrogen-bond donors (Lipinski definition) is 1. The summed E-state index contributed by atoms with van der Waals surface area (Å²) in [5.74, 6) is -2.62. The third-order valence-corrected chi connectivity index (χ3v) is 4.54. The van der Waals surface area contributed by atoms with Crippen LogP contribution in [-0.4, -0.2) is 21.5 Å². The van der Waals surface area contributed by atoms with Crippen molar-refractivity contribution >= 4 is 16.0 Å². The summed E-state index contributed by atoms with van der Waals surface area (Å²) in [5, 5.41) is 0. The van der Waals surface area contributed by atoms with Gasteiger partial charge in [0.2, 0.25) is 10.0 Å². The molecule has 0 bridgehead atoms. The molecule has 0 spiro atoms. The molecule has 0 aromatic heterocycles. The van der Waals surface area contributed by atoms with Crippen LogP contribution in [0.1, 0.15) is 21.5 Å². The Morgan fingerprint density at radius 2 is 1.79 bits per heavy atom. The van der Waals surface area contributed by atoms with E-state index >= 15 is 0 Å². The number of rotatable bonds is 6. The van der Waals surface area contributed by atoms with Gasteiger partial charge >= 0.3 is 5.97 Å². The standard InChI is InChI=1S/C16H15F2NO4S/c1-23-16(20)11-6-7-12(15(18)8-11)9-19-24(21,22)10-13-4-2-3-5-14(13)17/h2-8,19H,9-10H2,1H3. The fraction of sp³-hybridized carbons (Fsp3) is 0.188. The van der Waals surface area contributed by atoms with Crippen LogP contribution in [0.2, 0.25) is 0 Å². The molecule has 0 unspecified atom stereocenters. The van der Waals surface area contributed by atoms with Crippen molar-refractivity contribution in [1.29, 1.82) is 0 Å². The SMILES string of the molecule is COC(=O)c1ccc(CNS(=O)(=O)Cc2ccccc2F)c(F)c1. The average molecular weight is 355 g/mol. The Kier molecular flexibility index (Phi) is 5.63. The predicted octanol–water partition coefficient (Wildman–Crippen LogP) is 2.37. The van der Waals surface area contributed by atoms with Gasteiger partial charge in [0.05, 0.1) is 18.4 Å². The number of halogens is 2. The quantitative estimate of drug-likeness (QED) is 0.808. The van der Waals surface area contributed by atoms with E-state index in [2.05, 4.69) is 9.46 Å². The molecule has 0 heterocycles. The van der Waals surface area contributed by atoms with Crippen molar-refractivity contribution in [3.63, 3.8) is 0 Å². The molecular weight excluding hydrogens is 340 g/mol. The molecule has 0 saturated heterocycles. The Bertz CT molecular complexity index is 853. The number of esters is 1. The molecule has 0 amide bonds. The predicted molar refractivity (Wildman–Crippen MR) is 83.6 cm³/mol. The maximum atomic E-state index is 13.9. The normalized spacial score (nSPS) is 11.3. The zero-order valence-corrected chi connectivity index (χ0v) is 13.6. The van der Waals surface area contributed by atoms with Crippen molar-refractivity contribution in [3.05, 3.63) is 70.8 Å². The van der Waals surface area contributed by atoms with Crippen LogP contribution in [0, 0.1) is 11.6 Å². The first kappa shape index (κ1) is 18.0. The molecule has 2 aromatic carbocycles. The first-order valence-electron chi connectivity index (χ1n) is 6.90. The molecule has 2 aromatic rings. The summed E-state index contributed by atoms with van der Waals surface area (Å²) in [7, 11) is -2.68. The zero-order valence-electron chi connectivity index (χ0n) is 12.8. The minimum absolute atomic E-state index is 0.0199. The first-order valence-corrected chi connectivity index (χ1v) is 8.55. The summed E-state index contributed by atoms with van der Waals surface area (Å²) in [4.78, 5) is 11.3. The number of carbonyl (C=O) groups excluding carboxylic acids is 1. The molecule has 128 valence electrons. The van der Waals surface area contributed by atoms with Crippen LogP contribution >= 0.6 is 0 Å². The lowest BCUT2D eigenvalue weighted by atomic mass is 10.1. The van der Waals surface area contributed by atoms with Crippen LogP contribution in [0.4, 0.5) is 8.78 Å². The summed E-state index contributed by atoms with van der Waals surface area (Å²) in [6.07, 6.45) is 0. The van der Waals surface area contributed by atoms with Gasteiger partial charge in [-0.25, -0.2) is 26.7 Å². The number of hydrogen-bond acceptors (Lipinski definition) is 4. The third-order valence-electron chi connectivity index (χ3n) is 3.26. The van der Waals surface area contributed by atoms with Crippen LogP contribution in [0.3, 0.4) is 0 Å². The van der Waals surface area contributed by atoms with E-state index in [1.54, 1.807) is 0 Å². The molecule has 0 fully saturated rings. The Hall–Kier alpha value is -2.32. The van der Waals surface area contributed by atoms with Gasteiger partial charge in [0, 0.05) is 17.7 Å². The molecule has 0 aliphatic heterocycles. The Balaban J connectivity index is 2.07. The summed E-state index contributed by atoms with van der Waals surface area (Å²) < 4.78 is 58.1. The largest absolute Gasteiger partial charge is 0.465 e. The Morgan fingerprint density at radius 1 is 1.08 bits per heavy atom. The lowest BCUT2D eigenvalue weighted by molar-refractivity contribution is 0.0600. The second kappa shape index (κ2) is 7.50. The fourth-order valence-corrected chi connectivity index (χ4v) is 3.12. The van der Waals surface area contributed by atoms with Crippen LogP contribution in [0.15, 0.2) is 42.5 Å². The summed E-state index contributed by atoms with van der Waals surface area (Å²) in [6, 6.07) is 9.08. The number of benzene rings is 2. The van der Waals surface area contributed by atoms with Crippen molar-refractivity contribution in [1.82, 2.24) is 4.72 Å². The maximum Gasteiger partial charge on any atom is 0.337 e. The summed E-state index contributed by atoms with van der Waals surface area (Å²) >= 11 is 0. The highest BCUT2D eigenvalue weighted by Gasteiger charge is 2.16. The van der Waals surface area contributed by atoms with Gasteiger partial charge < -0.3 is 4.74 Å². The minimum atomic E-state index is -3.85. The Labute approximate surface area is 138 Å². The summed E-state index contributed by atoms with van der Waals surface area (Å²) in [6.45, 7) is -0.315. The maximum absolute atomic E-state index is 13.9. The molecule has 0 aliphatic carbocycles. The number of methoxy groups -OCH3 is 1. The molecule has 1 N–H and O–H groups in total. The number of nitrogens with one attached hydrogen (secondary N) is 1. The highest BCUT2D eigenvalue weighted by molar-refractivity contribution is 7.88. The van der Waals surface area contributed by atoms with E-state index in [-0.39, 0.29) is 23.2 Å². The lowest BCUT2D eigenvalue weighted by Crippen LogP contribution is -2.25. The van der Waals surface area contributed by atoms with E-state index in [0.717, 1.165) is 12.1 Å². The van der Waals surface area contributed by atoms with Gasteiger partial charge in [-0.15, -0.1) is 0 Å². The van der Waals surface area contributed by atoms with E-state index < -0.39 is 33.4 Å². The van der Waals surface area contributed by atoms with Gasteiger partial charge in [0.15, 0.2) is 0 Å². The van der Waals surface area contributed by atoms with Crippen LogP contribution in [-0.2, 0) is 27.1 Å². The van der Waals surface area contributed by atoms with E-state index in [0.29, 0.717) is 0 Å². The van der Waals surface area contributed by atoms with Crippen molar-refractivity contribution in [3.8, 4) is 0 Å². The molecule has 2 rings (SSSR count). The van der Waals surface area contributed by atoms with Crippen molar-refractivity contribution in [2.75, 3.05) is 7.11 Å². The van der Waals surface area contributed by atoms with Crippen molar-refractivity contribution in [2.24, 2.45) is 0 Å². The van der Waals surface area contributed by atoms with Gasteiger partial charge in [-0.3, -0.25) is 0 Å². The van der Waals surface area contributed by atoms with Crippen molar-refractivity contribution < 1.29 is 26.7 Å². The molecular formula is C16H15F2NO4S. The van der Waals surface area contributed by atoms with Gasteiger partial charge in [0.25, 0.3) is 0 Å². The minimum Gasteiger partial charge on any atom is -0.465 e. The van der Waals surface area contributed by atoms with E-state index in [1.807, 2.05) is 0 Å². The van der Waals surface area contributed by atoms with Gasteiger partial charge in [-0.05, 0) is 18.2 Å². The van der Waals surface area contributed by atoms with E-state index in [4.69, 9.17) is 0 Å². The topological polar surface area (TPSA) is 72.5 Å². The molecule has 24 heavy (non-hydrogen) atoms. The van der Waals surface area contributed by atoms with Crippen molar-refractivity contribution in [2.45, 2.75) is 12.3 Å². The monoisotopic (exact) mass is 355 g/mol. The smallest absolute Gasteiger partial charge is 0.337 e. The van der Waals surface area contributed by atoms with Crippen LogP contribution in [0.25, 0.3) is 0 Å². The highest BCUT2D eigenvalue weighted by Crippen LogP contribution is 2.13. The lowest BCUT2D eigenvalue weighted by Gasteiger charge is -2.09. The summed E-state index contributed by atoms with van der Waals surface area (Å²) in [5.41, 5.74) is 0.0965. The molecule has 0 saturated carbocycles. The number of sulfonamides is 1. The fourth-order valence-electron chi connectivity index (χ4n) is 1.99. The number of carbonyl (C=O) groups is 1. The van der Waals surface area contributed by atoms with Gasteiger partial charge in [0.1, 0.15) is 11.6 Å². The second-order valence-corrected chi connectivity index (χ2v) is 6.78. The number of ether oxygens (including phenoxy) is 1. The van der Waals surface area contributed by atoms with Crippen LogP contribution < -0.4 is 4.72 Å². The zero-order chi connectivity index (χ0) is 17.7. The first-order chi connectivity index (χ1) is 11.3. The molecule has 8 heteroatoms. The van der Waals surface area contributed by atoms with E-state index in [9.17, 15) is 22.0 Å². The Morgan fingerprint density at radius 3 is 2.42 bits per heavy atom. The molecule has 5 nitrogen and oxygen atoms in total. The molecule has 0 atom stereocenters. The highest BCUT2D eigenvalue weighted by atomic mass is 32.2. The molecule has 0 aliphatic rings. The third kappa shape index (κ3) is 4.59. The average Bonchev–Trinajstić information content (AvgIpc) is 2.55. The van der Waals surface area contributed by atoms with Gasteiger partial charge in [-0.2, -0.15) is 0 Å². The van der Waals surface area contributed by atoms with E-state index in [1.165, 1.54) is 37.4 Å². The van der Waals surface area contributed by atoms with Gasteiger partial charge in [-0.1, -0.05) is 24.3 Å².